The Balaban J connectivity index is 1.62. The number of nitrogens with zero attached hydrogens (tertiary/aromatic N) is 5. The second kappa shape index (κ2) is 11.6. The van der Waals surface area contributed by atoms with Crippen LogP contribution in [0, 0.1) is 35.3 Å². The number of hydrogen-bond acceptors (Lipinski definition) is 7. The van der Waals surface area contributed by atoms with Crippen molar-refractivity contribution in [3.05, 3.63) is 109 Å². The van der Waals surface area contributed by atoms with Crippen LogP contribution in [0.15, 0.2) is 65.8 Å². The minimum absolute atomic E-state index is 0.0918. The molecule has 0 aliphatic heterocycles. The number of thioether (sulfide) groups is 1. The maximum Gasteiger partial charge on any atom is 0.220 e. The van der Waals surface area contributed by atoms with Gasteiger partial charge in [-0.2, -0.15) is 5.26 Å². The number of rotatable bonds is 9. The zero-order valence-corrected chi connectivity index (χ0v) is 22.2. The molecule has 11 heteroatoms. The molecule has 0 saturated carbocycles. The molecule has 0 radical (unpaired) electrons. The molecule has 3 aromatic carbocycles. The van der Waals surface area contributed by atoms with Crippen LogP contribution in [0.3, 0.4) is 0 Å². The number of aromatic nitrogens is 3. The van der Waals surface area contributed by atoms with Crippen LogP contribution in [0.5, 0.6) is 5.75 Å². The summed E-state index contributed by atoms with van der Waals surface area (Å²) in [6.07, 6.45) is 0. The van der Waals surface area contributed by atoms with E-state index >= 15 is 0 Å². The molecule has 0 fully saturated rings. The molecule has 8 nitrogen and oxygen atoms in total. The molecule has 0 aliphatic carbocycles. The van der Waals surface area contributed by atoms with Gasteiger partial charge in [-0.25, -0.2) is 0 Å². The lowest BCUT2D eigenvalue weighted by Gasteiger charge is -2.17. The summed E-state index contributed by atoms with van der Waals surface area (Å²) < 4.78 is 7.69. The summed E-state index contributed by atoms with van der Waals surface area (Å²) in [6, 6.07) is 20.2. The van der Waals surface area contributed by atoms with E-state index in [4.69, 9.17) is 27.9 Å². The Morgan fingerprint density at radius 1 is 1.11 bits per heavy atom. The fourth-order valence-electron chi connectivity index (χ4n) is 3.69. The predicted octanol–water partition coefficient (Wildman–Crippen LogP) is 6.75. The first-order valence-electron chi connectivity index (χ1n) is 11.1. The number of halogens is 2. The number of hydrogen-bond donors (Lipinski definition) is 0. The second-order valence-electron chi connectivity index (χ2n) is 8.19. The van der Waals surface area contributed by atoms with Crippen molar-refractivity contribution in [2.45, 2.75) is 30.9 Å². The van der Waals surface area contributed by atoms with Crippen LogP contribution in [0.2, 0.25) is 10.0 Å². The number of ether oxygens (including phenoxy) is 1. The third-order valence-electron chi connectivity index (χ3n) is 5.55. The van der Waals surface area contributed by atoms with E-state index in [-0.39, 0.29) is 33.9 Å². The van der Waals surface area contributed by atoms with Gasteiger partial charge in [0.2, 0.25) is 6.54 Å². The zero-order valence-electron chi connectivity index (χ0n) is 19.9. The van der Waals surface area contributed by atoms with E-state index in [1.54, 1.807) is 30.3 Å². The smallest absolute Gasteiger partial charge is 0.220 e. The largest absolute Gasteiger partial charge is 0.486 e. The molecule has 1 aromatic heterocycles. The maximum absolute atomic E-state index is 11.6. The van der Waals surface area contributed by atoms with E-state index in [1.165, 1.54) is 11.8 Å². The molecular formula is C26H21Cl2N5O3S. The van der Waals surface area contributed by atoms with Crippen LogP contribution in [0.1, 0.15) is 33.3 Å². The summed E-state index contributed by atoms with van der Waals surface area (Å²) >= 11 is 14.2. The molecule has 0 N–H and O–H groups in total. The molecule has 0 amide bonds. The van der Waals surface area contributed by atoms with Gasteiger partial charge in [0.25, 0.3) is 0 Å². The van der Waals surface area contributed by atoms with Gasteiger partial charge in [0, 0.05) is 16.2 Å². The van der Waals surface area contributed by atoms with Gasteiger partial charge < -0.3 is 4.74 Å². The van der Waals surface area contributed by atoms with E-state index in [1.807, 2.05) is 48.7 Å². The number of nitro groups is 1. The Labute approximate surface area is 228 Å². The van der Waals surface area contributed by atoms with Crippen molar-refractivity contribution in [3.63, 3.8) is 0 Å². The first-order chi connectivity index (χ1) is 17.8. The summed E-state index contributed by atoms with van der Waals surface area (Å²) in [6.45, 7) is 3.53. The highest BCUT2D eigenvalue weighted by atomic mass is 35.5. The van der Waals surface area contributed by atoms with E-state index in [0.717, 1.165) is 11.3 Å². The van der Waals surface area contributed by atoms with Crippen molar-refractivity contribution in [3.8, 4) is 17.5 Å². The zero-order chi connectivity index (χ0) is 26.5. The van der Waals surface area contributed by atoms with Gasteiger partial charge in [0.1, 0.15) is 17.7 Å². The molecule has 1 heterocycles. The molecule has 0 bridgehead atoms. The number of aryl methyl sites for hydroxylation is 2. The number of benzene rings is 3. The first-order valence-corrected chi connectivity index (χ1v) is 12.8. The Hall–Kier alpha value is -3.58. The monoisotopic (exact) mass is 553 g/mol. The van der Waals surface area contributed by atoms with Crippen LogP contribution in [-0.4, -0.2) is 26.2 Å². The fraction of sp³-hybridized carbons (Fsp3) is 0.192. The Kier molecular flexibility index (Phi) is 8.34. The van der Waals surface area contributed by atoms with Crippen LogP contribution < -0.4 is 4.74 Å². The van der Waals surface area contributed by atoms with E-state index in [0.29, 0.717) is 27.7 Å². The molecular weight excluding hydrogens is 533 g/mol. The van der Waals surface area contributed by atoms with E-state index < -0.39 is 5.25 Å². The number of nitriles is 1. The molecule has 4 aromatic rings. The van der Waals surface area contributed by atoms with Crippen molar-refractivity contribution in [2.75, 3.05) is 6.54 Å². The van der Waals surface area contributed by atoms with Crippen molar-refractivity contribution >= 4 is 35.0 Å². The third kappa shape index (κ3) is 6.23. The fourth-order valence-corrected chi connectivity index (χ4v) is 5.46. The van der Waals surface area contributed by atoms with Crippen LogP contribution >= 0.6 is 35.0 Å². The summed E-state index contributed by atoms with van der Waals surface area (Å²) in [5.74, 6) is 0.895. The molecule has 37 heavy (non-hydrogen) atoms. The van der Waals surface area contributed by atoms with Gasteiger partial charge in [0.15, 0.2) is 10.9 Å². The molecule has 0 spiro atoms. The highest BCUT2D eigenvalue weighted by Crippen LogP contribution is 2.42. The van der Waals surface area contributed by atoms with Crippen LogP contribution in [0.4, 0.5) is 0 Å². The molecule has 0 saturated heterocycles. The van der Waals surface area contributed by atoms with Gasteiger partial charge in [-0.3, -0.25) is 14.7 Å². The van der Waals surface area contributed by atoms with Crippen molar-refractivity contribution < 1.29 is 9.66 Å². The normalized spacial score (nSPS) is 11.6. The maximum atomic E-state index is 11.6. The predicted molar refractivity (Wildman–Crippen MR) is 143 cm³/mol. The van der Waals surface area contributed by atoms with Crippen molar-refractivity contribution in [1.29, 1.82) is 5.26 Å². The lowest BCUT2D eigenvalue weighted by atomic mass is 10.1. The summed E-state index contributed by atoms with van der Waals surface area (Å²) in [5.41, 5.74) is 3.69. The van der Waals surface area contributed by atoms with Crippen LogP contribution in [-0.2, 0) is 6.61 Å². The molecule has 188 valence electrons. The summed E-state index contributed by atoms with van der Waals surface area (Å²) in [5, 5.41) is 29.6. The lowest BCUT2D eigenvalue weighted by molar-refractivity contribution is -0.479. The third-order valence-corrected chi connectivity index (χ3v) is 7.29. The molecule has 0 unspecified atom stereocenters. The highest BCUT2D eigenvalue weighted by molar-refractivity contribution is 7.99. The topological polar surface area (TPSA) is 107 Å². The van der Waals surface area contributed by atoms with Gasteiger partial charge in [0.05, 0.1) is 21.7 Å². The molecule has 1 atom stereocenters. The van der Waals surface area contributed by atoms with E-state index in [9.17, 15) is 15.4 Å². The summed E-state index contributed by atoms with van der Waals surface area (Å²) in [7, 11) is 0. The van der Waals surface area contributed by atoms with Crippen LogP contribution in [0.25, 0.3) is 5.69 Å². The molecule has 4 rings (SSSR count). The van der Waals surface area contributed by atoms with Gasteiger partial charge in [-0.05, 0) is 49.7 Å². The average molecular weight is 554 g/mol. The second-order valence-corrected chi connectivity index (χ2v) is 10.2. The van der Waals surface area contributed by atoms with Gasteiger partial charge in [-0.1, -0.05) is 70.9 Å². The Morgan fingerprint density at radius 3 is 2.43 bits per heavy atom. The van der Waals surface area contributed by atoms with Crippen molar-refractivity contribution in [2.24, 2.45) is 0 Å². The Bertz CT molecular complexity index is 1460. The average Bonchev–Trinajstić information content (AvgIpc) is 3.23. The standard InChI is InChI=1S/C26H21Cl2N5O3S/c1-16-7-9-21(10-8-16)33-17(2)30-31-26(33)37-24(14-32(34)35)20-11-22(27)25(23(28)12-20)36-15-19-6-4-3-5-18(19)13-29/h3-12,24H,14-15H2,1-2H3/t24-/m0/s1. The highest BCUT2D eigenvalue weighted by Gasteiger charge is 2.26. The Morgan fingerprint density at radius 2 is 1.78 bits per heavy atom. The minimum Gasteiger partial charge on any atom is -0.486 e. The minimum atomic E-state index is -0.647. The molecule has 0 aliphatic rings. The van der Waals surface area contributed by atoms with Gasteiger partial charge in [-0.15, -0.1) is 10.2 Å². The quantitative estimate of drug-likeness (QED) is 0.128. The lowest BCUT2D eigenvalue weighted by Crippen LogP contribution is -2.11. The van der Waals surface area contributed by atoms with E-state index in [2.05, 4.69) is 16.3 Å². The summed E-state index contributed by atoms with van der Waals surface area (Å²) in [4.78, 5) is 11.2. The first kappa shape index (κ1) is 26.5. The van der Waals surface area contributed by atoms with Crippen molar-refractivity contribution in [1.82, 2.24) is 14.8 Å². The van der Waals surface area contributed by atoms with Gasteiger partial charge >= 0.3 is 0 Å². The SMILES string of the molecule is Cc1ccc(-n2c(C)nnc2S[C@@H](C[N+](=O)[O-])c2cc(Cl)c(OCc3ccccc3C#N)c(Cl)c2)cc1.